The summed E-state index contributed by atoms with van der Waals surface area (Å²) in [7, 11) is 0. The van der Waals surface area contributed by atoms with E-state index < -0.39 is 0 Å². The summed E-state index contributed by atoms with van der Waals surface area (Å²) in [4.78, 5) is 28.8. The van der Waals surface area contributed by atoms with E-state index in [4.69, 9.17) is 0 Å². The lowest BCUT2D eigenvalue weighted by molar-refractivity contribution is 0.0945. The summed E-state index contributed by atoms with van der Waals surface area (Å²) in [5, 5.41) is 2.92. The average molecular weight is 303 g/mol. The number of rotatable bonds is 4. The topological polar surface area (TPSA) is 65.2 Å². The third-order valence-electron chi connectivity index (χ3n) is 5.02. The zero-order valence-electron chi connectivity index (χ0n) is 13.0. The number of hydrogen-bond acceptors (Lipinski definition) is 3. The van der Waals surface area contributed by atoms with E-state index >= 15 is 0 Å². The number of aromatic nitrogens is 1. The van der Waals surface area contributed by atoms with E-state index in [0.29, 0.717) is 12.5 Å². The zero-order chi connectivity index (χ0) is 15.4. The van der Waals surface area contributed by atoms with E-state index in [1.165, 1.54) is 38.3 Å². The van der Waals surface area contributed by atoms with Crippen LogP contribution in [0.4, 0.5) is 0 Å². The van der Waals surface area contributed by atoms with Crippen LogP contribution in [0.25, 0.3) is 0 Å². The Kier molecular flexibility index (Phi) is 4.93. The number of nitrogens with zero attached hydrogens (tertiary/aromatic N) is 1. The van der Waals surface area contributed by atoms with Crippen molar-refractivity contribution < 1.29 is 4.79 Å². The van der Waals surface area contributed by atoms with Gasteiger partial charge in [0.2, 0.25) is 0 Å². The molecule has 0 aromatic carbocycles. The summed E-state index contributed by atoms with van der Waals surface area (Å²) < 4.78 is 0. The van der Waals surface area contributed by atoms with E-state index in [1.807, 2.05) is 0 Å². The first-order valence-corrected chi connectivity index (χ1v) is 8.44. The Bertz CT molecular complexity index is 563. The summed E-state index contributed by atoms with van der Waals surface area (Å²) in [6, 6.07) is 4.00. The lowest BCUT2D eigenvalue weighted by Gasteiger charge is -2.31. The van der Waals surface area contributed by atoms with Gasteiger partial charge in [-0.25, -0.2) is 0 Å². The van der Waals surface area contributed by atoms with Crippen LogP contribution in [0.2, 0.25) is 0 Å². The standard InChI is InChI=1S/C17H25N3O2/c21-16-15(7-4-9-18-16)17(22)19-11-13-8-10-20(12-13)14-5-2-1-3-6-14/h4,7,9,13-14H,1-3,5-6,8,10-12H2,(H,18,21)(H,19,22)/t13-/m1/s1. The maximum atomic E-state index is 12.1. The van der Waals surface area contributed by atoms with Crippen molar-refractivity contribution in [2.45, 2.75) is 44.6 Å². The number of carbonyl (C=O) groups is 1. The normalized spacial score (nSPS) is 23.5. The molecule has 2 fully saturated rings. The van der Waals surface area contributed by atoms with Crippen molar-refractivity contribution in [2.75, 3.05) is 19.6 Å². The van der Waals surface area contributed by atoms with Crippen LogP contribution >= 0.6 is 0 Å². The highest BCUT2D eigenvalue weighted by molar-refractivity contribution is 5.93. The van der Waals surface area contributed by atoms with Crippen LogP contribution < -0.4 is 10.9 Å². The minimum absolute atomic E-state index is 0.199. The van der Waals surface area contributed by atoms with Gasteiger partial charge in [0.25, 0.3) is 11.5 Å². The second kappa shape index (κ2) is 7.09. The molecular formula is C17H25N3O2. The van der Waals surface area contributed by atoms with Crippen molar-refractivity contribution in [3.8, 4) is 0 Å². The summed E-state index contributed by atoms with van der Waals surface area (Å²) in [6.07, 6.45) is 9.45. The van der Waals surface area contributed by atoms with Crippen molar-refractivity contribution in [1.82, 2.24) is 15.2 Å². The molecule has 2 N–H and O–H groups in total. The quantitative estimate of drug-likeness (QED) is 0.891. The van der Waals surface area contributed by atoms with Gasteiger partial charge in [0.15, 0.2) is 0 Å². The van der Waals surface area contributed by atoms with Gasteiger partial charge in [-0.15, -0.1) is 0 Å². The fraction of sp³-hybridized carbons (Fsp3) is 0.647. The van der Waals surface area contributed by atoms with Gasteiger partial charge in [-0.1, -0.05) is 19.3 Å². The number of carbonyl (C=O) groups excluding carboxylic acids is 1. The van der Waals surface area contributed by atoms with Gasteiger partial charge < -0.3 is 15.2 Å². The van der Waals surface area contributed by atoms with Crippen LogP contribution in [-0.2, 0) is 0 Å². The number of hydrogen-bond donors (Lipinski definition) is 2. The summed E-state index contributed by atoms with van der Waals surface area (Å²) in [6.45, 7) is 2.89. The predicted octanol–water partition coefficient (Wildman–Crippen LogP) is 1.76. The first kappa shape index (κ1) is 15.3. The molecule has 1 aliphatic carbocycles. The van der Waals surface area contributed by atoms with E-state index in [-0.39, 0.29) is 17.0 Å². The molecule has 0 unspecified atom stereocenters. The fourth-order valence-electron chi connectivity index (χ4n) is 3.74. The minimum Gasteiger partial charge on any atom is -0.352 e. The molecule has 1 saturated carbocycles. The Balaban J connectivity index is 1.47. The second-order valence-electron chi connectivity index (χ2n) is 6.56. The highest BCUT2D eigenvalue weighted by Gasteiger charge is 2.29. The van der Waals surface area contributed by atoms with E-state index in [9.17, 15) is 9.59 Å². The maximum Gasteiger partial charge on any atom is 0.260 e. The lowest BCUT2D eigenvalue weighted by Crippen LogP contribution is -2.37. The van der Waals surface area contributed by atoms with Crippen LogP contribution in [0.15, 0.2) is 23.1 Å². The molecule has 0 bridgehead atoms. The summed E-state index contributed by atoms with van der Waals surface area (Å²) >= 11 is 0. The van der Waals surface area contributed by atoms with Crippen molar-refractivity contribution in [2.24, 2.45) is 5.92 Å². The van der Waals surface area contributed by atoms with E-state index in [1.54, 1.807) is 12.1 Å². The molecule has 1 saturated heterocycles. The Labute approximate surface area is 131 Å². The molecule has 1 atom stereocenters. The molecule has 5 heteroatoms. The van der Waals surface area contributed by atoms with E-state index in [2.05, 4.69) is 15.2 Å². The molecule has 1 aromatic heterocycles. The van der Waals surface area contributed by atoms with Gasteiger partial charge in [-0.05, 0) is 43.9 Å². The van der Waals surface area contributed by atoms with Crippen molar-refractivity contribution in [3.05, 3.63) is 34.2 Å². The number of nitrogens with one attached hydrogen (secondary N) is 2. The Hall–Kier alpha value is -1.62. The SMILES string of the molecule is O=C(NC[C@H]1CCN(C2CCCCC2)C1)c1ccc[nH]c1=O. The van der Waals surface area contributed by atoms with Gasteiger partial charge in [0, 0.05) is 25.3 Å². The number of aromatic amines is 1. The molecule has 22 heavy (non-hydrogen) atoms. The van der Waals surface area contributed by atoms with Crippen molar-refractivity contribution in [3.63, 3.8) is 0 Å². The molecule has 0 spiro atoms. The Morgan fingerprint density at radius 2 is 2.09 bits per heavy atom. The summed E-state index contributed by atoms with van der Waals surface area (Å²) in [5.41, 5.74) is -0.125. The molecule has 2 aliphatic rings. The molecule has 2 heterocycles. The molecule has 0 radical (unpaired) electrons. The predicted molar refractivity (Wildman–Crippen MR) is 85.9 cm³/mol. The van der Waals surface area contributed by atoms with Crippen LogP contribution in [-0.4, -0.2) is 41.5 Å². The minimum atomic E-state index is -0.324. The second-order valence-corrected chi connectivity index (χ2v) is 6.56. The molecule has 3 rings (SSSR count). The van der Waals surface area contributed by atoms with Crippen LogP contribution in [0, 0.1) is 5.92 Å². The average Bonchev–Trinajstić information content (AvgIpc) is 3.03. The zero-order valence-corrected chi connectivity index (χ0v) is 13.0. The number of H-pyrrole nitrogens is 1. The molecular weight excluding hydrogens is 278 g/mol. The largest absolute Gasteiger partial charge is 0.352 e. The molecule has 1 amide bonds. The highest BCUT2D eigenvalue weighted by atomic mass is 16.2. The fourth-order valence-corrected chi connectivity index (χ4v) is 3.74. The van der Waals surface area contributed by atoms with Gasteiger partial charge in [0.05, 0.1) is 0 Å². The first-order chi connectivity index (χ1) is 10.7. The number of likely N-dealkylation sites (tertiary alicyclic amines) is 1. The van der Waals surface area contributed by atoms with Crippen molar-refractivity contribution >= 4 is 5.91 Å². The molecule has 1 aromatic rings. The van der Waals surface area contributed by atoms with Crippen molar-refractivity contribution in [1.29, 1.82) is 0 Å². The van der Waals surface area contributed by atoms with Crippen LogP contribution in [0.1, 0.15) is 48.9 Å². The summed E-state index contributed by atoms with van der Waals surface area (Å²) in [5.74, 6) is 0.242. The first-order valence-electron chi connectivity index (χ1n) is 8.44. The third kappa shape index (κ3) is 3.58. The van der Waals surface area contributed by atoms with Crippen LogP contribution in [0.3, 0.4) is 0 Å². The smallest absolute Gasteiger partial charge is 0.260 e. The molecule has 120 valence electrons. The van der Waals surface area contributed by atoms with Gasteiger partial charge in [-0.3, -0.25) is 9.59 Å². The van der Waals surface area contributed by atoms with Gasteiger partial charge in [-0.2, -0.15) is 0 Å². The van der Waals surface area contributed by atoms with E-state index in [0.717, 1.165) is 25.6 Å². The third-order valence-corrected chi connectivity index (χ3v) is 5.02. The maximum absolute atomic E-state index is 12.1. The number of amides is 1. The molecule has 1 aliphatic heterocycles. The number of pyridine rings is 1. The molecule has 5 nitrogen and oxygen atoms in total. The van der Waals surface area contributed by atoms with Gasteiger partial charge >= 0.3 is 0 Å². The Morgan fingerprint density at radius 3 is 2.86 bits per heavy atom. The van der Waals surface area contributed by atoms with Crippen LogP contribution in [0.5, 0.6) is 0 Å². The Morgan fingerprint density at radius 1 is 1.27 bits per heavy atom. The lowest BCUT2D eigenvalue weighted by atomic mass is 9.94. The van der Waals surface area contributed by atoms with Gasteiger partial charge in [0.1, 0.15) is 5.56 Å². The highest BCUT2D eigenvalue weighted by Crippen LogP contribution is 2.27. The monoisotopic (exact) mass is 303 g/mol.